The Kier molecular flexibility index (Phi) is 115. The van der Waals surface area contributed by atoms with Crippen molar-refractivity contribution in [2.75, 3.05) is 18.9 Å². The normalized spacial score (nSPS) is 4.00. The second-order valence-corrected chi connectivity index (χ2v) is 1.22. The second-order valence-electron chi connectivity index (χ2n) is 0.408. The molecule has 0 spiro atoms. The molecule has 0 aromatic carbocycles. The Hall–Kier alpha value is 0.705. The zero-order valence-corrected chi connectivity index (χ0v) is 5.94. The quantitative estimate of drug-likeness (QED) is 0.347. The second kappa shape index (κ2) is 43.4. The zero-order valence-electron chi connectivity index (χ0n) is 4.36. The van der Waals surface area contributed by atoms with Crippen molar-refractivity contribution < 1.29 is 0 Å². The van der Waals surface area contributed by atoms with Crippen molar-refractivity contribution in [2.45, 2.75) is 0 Å². The van der Waals surface area contributed by atoms with Crippen LogP contribution in [0.15, 0.2) is 0 Å². The molecule has 0 aromatic heterocycles. The third-order valence-electron chi connectivity index (χ3n) is 0. The van der Waals surface area contributed by atoms with Gasteiger partial charge in [0.05, 0.1) is 0 Å². The highest BCUT2D eigenvalue weighted by atomic mass is 35.5. The molecule has 0 bridgehead atoms. The molecule has 0 N–H and O–H groups in total. The molecule has 0 aliphatic rings. The summed E-state index contributed by atoms with van der Waals surface area (Å²) in [5.74, 6) is 0. The lowest BCUT2D eigenvalue weighted by Crippen LogP contribution is -1.25. The predicted octanol–water partition coefficient (Wildman–Crippen LogP) is 1.45. The average molecular weight is 123 g/mol. The van der Waals surface area contributed by atoms with Gasteiger partial charge in [-0.15, -0.1) is 11.6 Å². The average Bonchev–Trinajstić information content (AvgIpc) is 1.46. The summed E-state index contributed by atoms with van der Waals surface area (Å²) in [4.78, 5) is 0. The summed E-state index contributed by atoms with van der Waals surface area (Å²) in [5, 5.41) is 0. The fourth-order valence-electron chi connectivity index (χ4n) is 0. The van der Waals surface area contributed by atoms with Gasteiger partial charge in [0.25, 0.3) is 0 Å². The molecule has 0 amide bonds. The molecule has 6 heavy (non-hydrogen) atoms. The monoisotopic (exact) mass is 123 g/mol. The van der Waals surface area contributed by atoms with Crippen LogP contribution in [0.2, 0.25) is 0 Å². The molecule has 0 fully saturated rings. The topological polar surface area (TPSA) is 0 Å². The third kappa shape index (κ3) is 130. The van der Waals surface area contributed by atoms with Gasteiger partial charge in [0, 0.05) is 14.8 Å². The molecule has 0 nitrogen and oxygen atoms in total. The van der Waals surface area contributed by atoms with Gasteiger partial charge in [-0.1, -0.05) is 0 Å². The first-order valence-corrected chi connectivity index (χ1v) is 3.58. The molecule has 0 rings (SSSR count). The molecule has 0 aliphatic heterocycles. The van der Waals surface area contributed by atoms with Gasteiger partial charge in [-0.3, -0.25) is 0 Å². The number of halogens is 1. The van der Waals surface area contributed by atoms with E-state index in [0.717, 1.165) is 0 Å². The van der Waals surface area contributed by atoms with E-state index in [4.69, 9.17) is 0 Å². The Morgan fingerprint density at radius 1 is 1.17 bits per heavy atom. The maximum absolute atomic E-state index is 4.64. The lowest BCUT2D eigenvalue weighted by Gasteiger charge is -1.51. The van der Waals surface area contributed by atoms with Gasteiger partial charge in [-0.25, -0.2) is 0 Å². The smallest absolute Gasteiger partial charge is 0.0108 e. The number of alkyl halides is 1. The molecule has 0 aromatic rings. The lowest BCUT2D eigenvalue weighted by molar-refractivity contribution is 2.37. The Bertz CT molecular complexity index is 10.8. The van der Waals surface area contributed by atoms with Crippen LogP contribution in [-0.2, 0) is 0 Å². The van der Waals surface area contributed by atoms with E-state index >= 15 is 0 Å². The van der Waals surface area contributed by atoms with E-state index in [2.05, 4.69) is 11.6 Å². The van der Waals surface area contributed by atoms with Gasteiger partial charge in [-0.2, -0.15) is 11.8 Å². The lowest BCUT2D eigenvalue weighted by atomic mass is 10.8. The van der Waals surface area contributed by atoms with Crippen molar-refractivity contribution in [3.63, 3.8) is 0 Å². The van der Waals surface area contributed by atoms with Crippen molar-refractivity contribution >= 4 is 31.8 Å². The minimum Gasteiger partial charge on any atom is -0.169 e. The van der Waals surface area contributed by atoms with Crippen LogP contribution in [0.4, 0.5) is 0 Å². The number of hydrogen-bond donors (Lipinski definition) is 0. The molecule has 0 atom stereocenters. The summed E-state index contributed by atoms with van der Waals surface area (Å²) in [6.07, 6.45) is 5.56. The highest BCUT2D eigenvalue weighted by Gasteiger charge is 1.32. The number of thioether (sulfide) groups is 1. The molecule has 0 saturated carbocycles. The molecular weight excluding hydrogens is 114 g/mol. The fraction of sp³-hybridized carbons (Fsp3) is 1.00. The van der Waals surface area contributed by atoms with Crippen LogP contribution in [0.25, 0.3) is 0 Å². The molecule has 37 valence electrons. The molecule has 3 radical (unpaired) electrons. The molecule has 0 aliphatic carbocycles. The predicted molar refractivity (Wildman–Crippen MR) is 37.0 cm³/mol. The summed E-state index contributed by atoms with van der Waals surface area (Å²) in [6, 6.07) is 0. The van der Waals surface area contributed by atoms with Gasteiger partial charge in [0.2, 0.25) is 0 Å². The minimum atomic E-state index is 0. The Morgan fingerprint density at radius 3 is 1.17 bits per heavy atom. The van der Waals surface area contributed by atoms with Crippen molar-refractivity contribution in [1.29, 1.82) is 0 Å². The zero-order chi connectivity index (χ0) is 4.71. The molecule has 0 heterocycles. The SMILES string of the molecule is CCl.CSC.[B]. The molecular formula is C3H9BClS. The van der Waals surface area contributed by atoms with Gasteiger partial charge < -0.3 is 0 Å². The van der Waals surface area contributed by atoms with Crippen molar-refractivity contribution in [3.05, 3.63) is 0 Å². The first-order valence-electron chi connectivity index (χ1n) is 1.19. The van der Waals surface area contributed by atoms with Crippen LogP contribution in [0.3, 0.4) is 0 Å². The summed E-state index contributed by atoms with van der Waals surface area (Å²) >= 11 is 6.39. The first-order chi connectivity index (χ1) is 2.41. The van der Waals surface area contributed by atoms with Crippen LogP contribution in [0, 0.1) is 0 Å². The fourth-order valence-corrected chi connectivity index (χ4v) is 0. The summed E-state index contributed by atoms with van der Waals surface area (Å²) in [6.45, 7) is 0. The van der Waals surface area contributed by atoms with E-state index in [1.54, 1.807) is 11.8 Å². The Morgan fingerprint density at radius 2 is 1.17 bits per heavy atom. The van der Waals surface area contributed by atoms with Crippen LogP contribution in [0.1, 0.15) is 0 Å². The van der Waals surface area contributed by atoms with E-state index in [0.29, 0.717) is 0 Å². The first kappa shape index (κ1) is 15.9. The third-order valence-corrected chi connectivity index (χ3v) is 0. The Labute approximate surface area is 51.2 Å². The van der Waals surface area contributed by atoms with Crippen LogP contribution in [-0.4, -0.2) is 27.3 Å². The minimum absolute atomic E-state index is 0. The van der Waals surface area contributed by atoms with Crippen LogP contribution in [0.5, 0.6) is 0 Å². The summed E-state index contributed by atoms with van der Waals surface area (Å²) in [5.41, 5.74) is 0. The summed E-state index contributed by atoms with van der Waals surface area (Å²) < 4.78 is 0. The Balaban J connectivity index is -0.0000000275. The standard InChI is InChI=1S/C2H6S.CH3Cl.B/c1-3-2;1-2;/h1-2H3;1H3;. The van der Waals surface area contributed by atoms with Crippen LogP contribution < -0.4 is 0 Å². The van der Waals surface area contributed by atoms with E-state index in [1.165, 1.54) is 6.38 Å². The highest BCUT2D eigenvalue weighted by molar-refractivity contribution is 7.97. The largest absolute Gasteiger partial charge is 0.169 e. The maximum Gasteiger partial charge on any atom is 0.0108 e. The molecule has 3 heteroatoms. The van der Waals surface area contributed by atoms with E-state index in [-0.39, 0.29) is 8.41 Å². The van der Waals surface area contributed by atoms with Gasteiger partial charge in [0.1, 0.15) is 0 Å². The van der Waals surface area contributed by atoms with Gasteiger partial charge in [-0.05, 0) is 12.5 Å². The maximum atomic E-state index is 4.64. The molecule has 0 unspecified atom stereocenters. The van der Waals surface area contributed by atoms with Gasteiger partial charge in [0.15, 0.2) is 0 Å². The van der Waals surface area contributed by atoms with Crippen molar-refractivity contribution in [3.8, 4) is 0 Å². The van der Waals surface area contributed by atoms with Crippen molar-refractivity contribution in [2.24, 2.45) is 0 Å². The van der Waals surface area contributed by atoms with Gasteiger partial charge >= 0.3 is 0 Å². The van der Waals surface area contributed by atoms with E-state index in [9.17, 15) is 0 Å². The van der Waals surface area contributed by atoms with Crippen LogP contribution >= 0.6 is 23.4 Å². The van der Waals surface area contributed by atoms with E-state index < -0.39 is 0 Å². The van der Waals surface area contributed by atoms with E-state index in [1.807, 2.05) is 12.5 Å². The highest BCUT2D eigenvalue weighted by Crippen LogP contribution is 1.70. The summed E-state index contributed by atoms with van der Waals surface area (Å²) in [7, 11) is 0. The van der Waals surface area contributed by atoms with Crippen molar-refractivity contribution in [1.82, 2.24) is 0 Å². The molecule has 0 saturated heterocycles. The number of rotatable bonds is 0. The number of hydrogen-bond acceptors (Lipinski definition) is 1.